The molecule has 0 atom stereocenters. The molecule has 0 aromatic heterocycles. The fourth-order valence-corrected chi connectivity index (χ4v) is 1.99. The van der Waals surface area contributed by atoms with Crippen LogP contribution in [0.15, 0.2) is 42.5 Å². The molecule has 2 aromatic rings. The number of rotatable bonds is 2. The molecular weight excluding hydrogens is 262 g/mol. The fourth-order valence-electron chi connectivity index (χ4n) is 1.76. The third-order valence-electron chi connectivity index (χ3n) is 2.75. The Hall–Kier alpha value is -2.00. The highest BCUT2D eigenvalue weighted by atomic mass is 35.5. The first-order valence-electron chi connectivity index (χ1n) is 5.81. The predicted molar refractivity (Wildman–Crippen MR) is 77.7 cm³/mol. The van der Waals surface area contributed by atoms with Gasteiger partial charge in [-0.05, 0) is 36.8 Å². The van der Waals surface area contributed by atoms with Gasteiger partial charge in [-0.25, -0.2) is 4.79 Å². The number of aryl methyl sites for hydroxylation is 1. The first-order chi connectivity index (χ1) is 9.10. The van der Waals surface area contributed by atoms with Crippen LogP contribution in [0.25, 0.3) is 11.1 Å². The first kappa shape index (κ1) is 13.4. The Morgan fingerprint density at radius 2 is 1.84 bits per heavy atom. The summed E-state index contributed by atoms with van der Waals surface area (Å²) in [4.78, 5) is 11.1. The van der Waals surface area contributed by atoms with Crippen LogP contribution in [0, 0.1) is 6.92 Å². The molecule has 1 N–H and O–H groups in total. The first-order valence-corrected chi connectivity index (χ1v) is 6.19. The minimum atomic E-state index is -0.485. The van der Waals surface area contributed by atoms with Gasteiger partial charge in [-0.3, -0.25) is 5.32 Å². The Bertz CT molecular complexity index is 594. The van der Waals surface area contributed by atoms with Crippen LogP contribution >= 0.6 is 11.6 Å². The van der Waals surface area contributed by atoms with Gasteiger partial charge in [0, 0.05) is 16.3 Å². The number of methoxy groups -OCH3 is 1. The smallest absolute Gasteiger partial charge is 0.411 e. The van der Waals surface area contributed by atoms with Crippen LogP contribution in [0.2, 0.25) is 5.02 Å². The molecule has 4 heteroatoms. The summed E-state index contributed by atoms with van der Waals surface area (Å²) < 4.78 is 4.53. The molecule has 3 nitrogen and oxygen atoms in total. The van der Waals surface area contributed by atoms with E-state index in [1.165, 1.54) is 7.11 Å². The Kier molecular flexibility index (Phi) is 4.07. The highest BCUT2D eigenvalue weighted by molar-refractivity contribution is 6.33. The summed E-state index contributed by atoms with van der Waals surface area (Å²) in [5, 5.41) is 3.31. The second-order valence-electron chi connectivity index (χ2n) is 4.18. The van der Waals surface area contributed by atoms with Crippen LogP contribution in [0.4, 0.5) is 10.5 Å². The number of carbonyl (C=O) groups is 1. The van der Waals surface area contributed by atoms with Crippen molar-refractivity contribution in [3.05, 3.63) is 53.1 Å². The Balaban J connectivity index is 2.27. The second kappa shape index (κ2) is 5.76. The summed E-state index contributed by atoms with van der Waals surface area (Å²) in [5.74, 6) is 0. The van der Waals surface area contributed by atoms with Crippen molar-refractivity contribution in [3.8, 4) is 11.1 Å². The summed E-state index contributed by atoms with van der Waals surface area (Å²) in [6.07, 6.45) is -0.485. The predicted octanol–water partition coefficient (Wildman–Crippen LogP) is 4.49. The number of hydrogen-bond acceptors (Lipinski definition) is 2. The molecule has 2 rings (SSSR count). The third-order valence-corrected chi connectivity index (χ3v) is 3.08. The summed E-state index contributed by atoms with van der Waals surface area (Å²) in [7, 11) is 1.33. The van der Waals surface area contributed by atoms with E-state index in [-0.39, 0.29) is 0 Å². The van der Waals surface area contributed by atoms with Gasteiger partial charge in [-0.2, -0.15) is 0 Å². The topological polar surface area (TPSA) is 38.3 Å². The zero-order chi connectivity index (χ0) is 13.8. The van der Waals surface area contributed by atoms with Crippen molar-refractivity contribution in [1.82, 2.24) is 0 Å². The normalized spacial score (nSPS) is 10.1. The monoisotopic (exact) mass is 275 g/mol. The lowest BCUT2D eigenvalue weighted by atomic mass is 10.0. The summed E-state index contributed by atoms with van der Waals surface area (Å²) in [6, 6.07) is 13.3. The van der Waals surface area contributed by atoms with Crippen molar-refractivity contribution in [1.29, 1.82) is 0 Å². The summed E-state index contributed by atoms with van der Waals surface area (Å²) in [5.41, 5.74) is 3.81. The maximum atomic E-state index is 11.1. The van der Waals surface area contributed by atoms with Gasteiger partial charge < -0.3 is 4.74 Å². The molecule has 0 saturated carbocycles. The van der Waals surface area contributed by atoms with E-state index in [0.29, 0.717) is 10.7 Å². The number of benzene rings is 2. The van der Waals surface area contributed by atoms with Gasteiger partial charge in [-0.1, -0.05) is 35.4 Å². The lowest BCUT2D eigenvalue weighted by Gasteiger charge is -2.08. The van der Waals surface area contributed by atoms with Gasteiger partial charge in [-0.15, -0.1) is 0 Å². The van der Waals surface area contributed by atoms with Gasteiger partial charge in [0.15, 0.2) is 0 Å². The quantitative estimate of drug-likeness (QED) is 0.877. The summed E-state index contributed by atoms with van der Waals surface area (Å²) >= 11 is 6.19. The molecule has 0 spiro atoms. The zero-order valence-electron chi connectivity index (χ0n) is 10.7. The van der Waals surface area contributed by atoms with Crippen molar-refractivity contribution in [2.24, 2.45) is 0 Å². The van der Waals surface area contributed by atoms with Crippen molar-refractivity contribution in [3.63, 3.8) is 0 Å². The maximum absolute atomic E-state index is 11.1. The minimum absolute atomic E-state index is 0.485. The molecule has 0 saturated heterocycles. The van der Waals surface area contributed by atoms with Crippen LogP contribution in [-0.4, -0.2) is 13.2 Å². The van der Waals surface area contributed by atoms with Gasteiger partial charge in [0.25, 0.3) is 0 Å². The number of ether oxygens (including phenoxy) is 1. The van der Waals surface area contributed by atoms with Crippen LogP contribution in [0.5, 0.6) is 0 Å². The molecule has 0 heterocycles. The Labute approximate surface area is 117 Å². The molecule has 19 heavy (non-hydrogen) atoms. The number of carbonyl (C=O) groups excluding carboxylic acids is 1. The maximum Gasteiger partial charge on any atom is 0.411 e. The van der Waals surface area contributed by atoms with E-state index >= 15 is 0 Å². The van der Waals surface area contributed by atoms with Crippen molar-refractivity contribution < 1.29 is 9.53 Å². The molecule has 0 unspecified atom stereocenters. The van der Waals surface area contributed by atoms with Gasteiger partial charge in [0.2, 0.25) is 0 Å². The lowest BCUT2D eigenvalue weighted by molar-refractivity contribution is 0.187. The van der Waals surface area contributed by atoms with E-state index < -0.39 is 6.09 Å². The van der Waals surface area contributed by atoms with E-state index in [0.717, 1.165) is 16.7 Å². The average Bonchev–Trinajstić information content (AvgIpc) is 2.42. The number of anilines is 1. The highest BCUT2D eigenvalue weighted by Gasteiger charge is 2.05. The van der Waals surface area contributed by atoms with Crippen LogP contribution < -0.4 is 5.32 Å². The number of halogens is 1. The molecule has 0 aliphatic rings. The average molecular weight is 276 g/mol. The molecule has 0 radical (unpaired) electrons. The van der Waals surface area contributed by atoms with Gasteiger partial charge in [0.05, 0.1) is 7.11 Å². The molecule has 0 aliphatic carbocycles. The highest BCUT2D eigenvalue weighted by Crippen LogP contribution is 2.29. The van der Waals surface area contributed by atoms with Crippen molar-refractivity contribution in [2.75, 3.05) is 12.4 Å². The van der Waals surface area contributed by atoms with Gasteiger partial charge >= 0.3 is 6.09 Å². The molecule has 0 fully saturated rings. The Morgan fingerprint density at radius 3 is 2.47 bits per heavy atom. The molecule has 98 valence electrons. The standard InChI is InChI=1S/C15H14ClNO2/c1-10-3-8-14(16)13(9-10)11-4-6-12(7-5-11)17-15(18)19-2/h3-9H,1-2H3,(H,17,18). The second-order valence-corrected chi connectivity index (χ2v) is 4.58. The van der Waals surface area contributed by atoms with E-state index in [2.05, 4.69) is 10.1 Å². The van der Waals surface area contributed by atoms with Gasteiger partial charge in [0.1, 0.15) is 0 Å². The minimum Gasteiger partial charge on any atom is -0.453 e. The van der Waals surface area contributed by atoms with E-state index in [4.69, 9.17) is 11.6 Å². The van der Waals surface area contributed by atoms with Crippen LogP contribution in [0.3, 0.4) is 0 Å². The summed E-state index contributed by atoms with van der Waals surface area (Å²) in [6.45, 7) is 2.02. The number of hydrogen-bond donors (Lipinski definition) is 1. The number of nitrogens with one attached hydrogen (secondary N) is 1. The SMILES string of the molecule is COC(=O)Nc1ccc(-c2cc(C)ccc2Cl)cc1. The van der Waals surface area contributed by atoms with Crippen molar-refractivity contribution in [2.45, 2.75) is 6.92 Å². The molecule has 0 aliphatic heterocycles. The molecular formula is C15H14ClNO2. The third kappa shape index (κ3) is 3.26. The zero-order valence-corrected chi connectivity index (χ0v) is 11.5. The largest absolute Gasteiger partial charge is 0.453 e. The van der Waals surface area contributed by atoms with E-state index in [9.17, 15) is 4.79 Å². The molecule has 1 amide bonds. The number of amides is 1. The van der Waals surface area contributed by atoms with Crippen molar-refractivity contribution >= 4 is 23.4 Å². The van der Waals surface area contributed by atoms with E-state index in [1.54, 1.807) is 0 Å². The van der Waals surface area contributed by atoms with Crippen LogP contribution in [-0.2, 0) is 4.74 Å². The fraction of sp³-hybridized carbons (Fsp3) is 0.133. The van der Waals surface area contributed by atoms with E-state index in [1.807, 2.05) is 49.4 Å². The van der Waals surface area contributed by atoms with Crippen LogP contribution in [0.1, 0.15) is 5.56 Å². The Morgan fingerprint density at radius 1 is 1.16 bits per heavy atom. The molecule has 2 aromatic carbocycles. The lowest BCUT2D eigenvalue weighted by Crippen LogP contribution is -2.10. The molecule has 0 bridgehead atoms.